The van der Waals surface area contributed by atoms with Crippen LogP contribution < -0.4 is 49.6 Å². The number of fused-ring (bicyclic) bond motifs is 5. The number of amides is 1. The first-order chi connectivity index (χ1) is 50.5. The Morgan fingerprint density at radius 2 is 1.07 bits per heavy atom. The number of aromatic carboxylic acids is 1. The van der Waals surface area contributed by atoms with Crippen molar-refractivity contribution >= 4 is 142 Å². The van der Waals surface area contributed by atoms with Crippen molar-refractivity contribution in [1.29, 1.82) is 0 Å². The molecule has 8 aromatic rings. The van der Waals surface area contributed by atoms with Gasteiger partial charge in [0, 0.05) is 70.1 Å². The fraction of sp³-hybridized carbons (Fsp3) is 0.369. The van der Waals surface area contributed by atoms with Gasteiger partial charge in [0.1, 0.15) is 61.6 Å². The van der Waals surface area contributed by atoms with Crippen LogP contribution in [0.1, 0.15) is 168 Å². The van der Waals surface area contributed by atoms with Crippen molar-refractivity contribution in [2.75, 3.05) is 83.3 Å². The van der Waals surface area contributed by atoms with Gasteiger partial charge in [0.25, 0.3) is 5.91 Å². The number of hydrogen-bond donors (Lipinski definition) is 5. The molecule has 5 heterocycles. The van der Waals surface area contributed by atoms with Crippen LogP contribution in [0.4, 0.5) is 34.1 Å². The van der Waals surface area contributed by atoms with Gasteiger partial charge in [-0.3, -0.25) is 24.1 Å². The van der Waals surface area contributed by atoms with Gasteiger partial charge in [-0.15, -0.1) is 0 Å². The molecule has 5 aliphatic rings. The van der Waals surface area contributed by atoms with E-state index in [2.05, 4.69) is 177 Å². The first kappa shape index (κ1) is 86.0. The number of carbonyl (C=O) groups excluding carboxylic acids is 2. The molecule has 1 amide bonds. The molecule has 0 spiro atoms. The number of carboxylic acid groups (broad SMARTS) is 3. The van der Waals surface area contributed by atoms with Gasteiger partial charge in [0.2, 0.25) is 0 Å². The van der Waals surface area contributed by atoms with Crippen LogP contribution in [0.2, 0.25) is 10.0 Å². The van der Waals surface area contributed by atoms with E-state index in [1.54, 1.807) is 59.5 Å². The maximum absolute atomic E-state index is 14.1. The van der Waals surface area contributed by atoms with Gasteiger partial charge in [-0.2, -0.15) is 0 Å². The second kappa shape index (κ2) is 39.2. The number of ether oxygens (including phenoxy) is 4. The number of nitrogens with one attached hydrogen (secondary N) is 1. The molecule has 0 saturated carbocycles. The van der Waals surface area contributed by atoms with E-state index >= 15 is 0 Å². The first-order valence-corrected chi connectivity index (χ1v) is 39.1. The summed E-state index contributed by atoms with van der Waals surface area (Å²) < 4.78 is 25.4. The fourth-order valence-corrected chi connectivity index (χ4v) is 14.2. The van der Waals surface area contributed by atoms with Crippen molar-refractivity contribution in [3.8, 4) is 23.0 Å². The summed E-state index contributed by atoms with van der Waals surface area (Å²) in [5, 5.41) is 32.3. The van der Waals surface area contributed by atoms with Crippen LogP contribution in [-0.2, 0) is 26.8 Å². The van der Waals surface area contributed by atoms with E-state index in [9.17, 15) is 29.1 Å². The molecule has 0 unspecified atom stereocenters. The summed E-state index contributed by atoms with van der Waals surface area (Å²) in [7, 11) is 0. The lowest BCUT2D eigenvalue weighted by Gasteiger charge is -2.42. The quantitative estimate of drug-likeness (QED) is 0.0371. The Kier molecular flexibility index (Phi) is 31.5. The minimum atomic E-state index is -1.10. The fourth-order valence-electron chi connectivity index (χ4n) is 12.6. The summed E-state index contributed by atoms with van der Waals surface area (Å²) in [6, 6.07) is 48.1. The Morgan fingerprint density at radius 1 is 0.598 bits per heavy atom. The van der Waals surface area contributed by atoms with Crippen LogP contribution in [0, 0.1) is 0 Å². The molecule has 0 radical (unpaired) electrons. The van der Waals surface area contributed by atoms with E-state index in [0.717, 1.165) is 120 Å². The van der Waals surface area contributed by atoms with Crippen molar-refractivity contribution in [2.24, 2.45) is 0 Å². The molecule has 23 heteroatoms. The molecular weight excluding hydrogens is 1640 g/mol. The van der Waals surface area contributed by atoms with Crippen LogP contribution in [0.25, 0.3) is 0 Å². The van der Waals surface area contributed by atoms with Crippen LogP contribution in [0.15, 0.2) is 167 Å². The normalized spacial score (nSPS) is 15.2. The molecule has 13 rings (SSSR count). The Hall–Kier alpha value is -8.22. The Balaban J connectivity index is 0.000000192. The van der Waals surface area contributed by atoms with Crippen molar-refractivity contribution in [3.05, 3.63) is 221 Å². The number of aldehydes is 1. The number of carboxylic acids is 3. The highest BCUT2D eigenvalue weighted by Gasteiger charge is 2.46. The lowest BCUT2D eigenvalue weighted by molar-refractivity contribution is -0.139. The van der Waals surface area contributed by atoms with Crippen molar-refractivity contribution in [2.45, 2.75) is 148 Å². The zero-order valence-corrected chi connectivity index (χ0v) is 70.0. The maximum Gasteiger partial charge on any atom is 0.335 e. The third kappa shape index (κ3) is 23.6. The minimum Gasteiger partial charge on any atom is -0.490 e. The Labute approximate surface area is 670 Å². The van der Waals surface area contributed by atoms with E-state index in [0.29, 0.717) is 63.9 Å². The predicted molar refractivity (Wildman–Crippen MR) is 449 cm³/mol. The number of alkyl halides is 1. The predicted octanol–water partition coefficient (Wildman–Crippen LogP) is 20.3. The molecule has 6 N–H and O–H groups in total. The van der Waals surface area contributed by atoms with E-state index < -0.39 is 29.9 Å². The first-order valence-electron chi connectivity index (χ1n) is 35.6. The van der Waals surface area contributed by atoms with Crippen molar-refractivity contribution < 1.29 is 58.2 Å². The molecular formula is C84H99Br2Cl2IN6O12. The molecule has 572 valence electrons. The lowest BCUT2D eigenvalue weighted by Crippen LogP contribution is -2.45. The van der Waals surface area contributed by atoms with Gasteiger partial charge in [-0.05, 0) is 183 Å². The number of rotatable bonds is 10. The molecule has 2 atom stereocenters. The standard InChI is InChI=1S/C31H33ClN2O4.C12H15NO2.C11H14BrNO.C10H14ClN.C9H8O4.C8H8BrNO.C3H7I/c1-18(2)33-14-15-38-26-13-10-19(16-25(26)33)28-27(30(36)37)21-8-6-7-9-22(21)29(35)34(28)20-11-12-23(24(32)17-20)31(3,4)5;1-9(2)13-5-6-15-12-4-3-10(8-14)7-11(12)13;1-8(2)13-5-6-14-11-4-3-9(12)7-10(11)13;1-10(2,3)8-5-4-7(12)6-9(8)11;10-8(11)5-6-3-1-2-4-7(6)9(12)13;9-6-1-2-8-7(5-6)10-3-4-11-8;1-3(2)4/h6-13,16-18,27-28H,14-15H2,1-5H3,(H,36,37);3-4,7-9H,5-6H2,1-2H3;3-4,7-8H,5-6H2,1-2H3;4-6H,12H2,1-3H3;1-4H,5H2,(H,10,11)(H,12,13);1-2,5,10H,3-4H2;3H,1-2H3/t27-,28+;;;;;;/m0....../s1. The van der Waals surface area contributed by atoms with E-state index in [4.69, 9.17) is 58.1 Å². The summed E-state index contributed by atoms with van der Waals surface area (Å²) in [4.78, 5) is 67.1. The molecule has 0 aromatic heterocycles. The summed E-state index contributed by atoms with van der Waals surface area (Å²) in [5.74, 6) is -0.782. The SMILES string of the molecule is Brc1ccc2c(c1)NCCO2.CC(C)(C)c1ccc(N)cc1Cl.CC(C)I.CC(C)N1CCOc2ccc(Br)cc21.CC(C)N1CCOc2ccc(C=O)cc21.CC(C)N1CCOc2ccc([C@@H]3[C@@H](C(=O)O)c4ccccc4C(=O)N3c3ccc(C(C)(C)C)c(Cl)c3)cc21.O=C(O)Cc1ccccc1C(=O)O. The van der Waals surface area contributed by atoms with Gasteiger partial charge < -0.3 is 60.0 Å². The highest BCUT2D eigenvalue weighted by Crippen LogP contribution is 2.49. The Morgan fingerprint density at radius 3 is 1.59 bits per heavy atom. The topological polar surface area (TPSA) is 234 Å². The van der Waals surface area contributed by atoms with E-state index in [1.807, 2.05) is 84.9 Å². The van der Waals surface area contributed by atoms with Crippen molar-refractivity contribution in [1.82, 2.24) is 0 Å². The number of nitrogens with two attached hydrogens (primary N) is 1. The number of carbonyl (C=O) groups is 5. The van der Waals surface area contributed by atoms with Crippen LogP contribution in [0.5, 0.6) is 23.0 Å². The molecule has 0 saturated heterocycles. The third-order valence-electron chi connectivity index (χ3n) is 17.6. The summed E-state index contributed by atoms with van der Waals surface area (Å²) in [6.07, 6.45) is 0.607. The zero-order chi connectivity index (χ0) is 78.8. The van der Waals surface area contributed by atoms with E-state index in [-0.39, 0.29) is 34.8 Å². The van der Waals surface area contributed by atoms with Gasteiger partial charge in [-0.25, -0.2) is 4.79 Å². The monoisotopic (exact) mass is 1740 g/mol. The Bertz CT molecular complexity index is 4390. The number of nitrogens with zero attached hydrogens (tertiary/aromatic N) is 4. The average molecular weight is 1740 g/mol. The van der Waals surface area contributed by atoms with Crippen LogP contribution in [0.3, 0.4) is 0 Å². The molecule has 8 aromatic carbocycles. The lowest BCUT2D eigenvalue weighted by atomic mass is 9.79. The molecule has 0 aliphatic carbocycles. The molecule has 5 aliphatic heterocycles. The highest BCUT2D eigenvalue weighted by atomic mass is 127. The van der Waals surface area contributed by atoms with Crippen molar-refractivity contribution in [3.63, 3.8) is 0 Å². The number of aliphatic carboxylic acids is 2. The summed E-state index contributed by atoms with van der Waals surface area (Å²) in [5.41, 5.74) is 15.8. The van der Waals surface area contributed by atoms with Gasteiger partial charge in [0.15, 0.2) is 0 Å². The maximum atomic E-state index is 14.1. The second-order valence-corrected chi connectivity index (χ2v) is 34.1. The number of benzene rings is 8. The van der Waals surface area contributed by atoms with Gasteiger partial charge >= 0.3 is 17.9 Å². The summed E-state index contributed by atoms with van der Waals surface area (Å²) >= 11 is 22.0. The van der Waals surface area contributed by atoms with Gasteiger partial charge in [0.05, 0.1) is 60.4 Å². The molecule has 0 fully saturated rings. The molecule has 0 bridgehead atoms. The van der Waals surface area contributed by atoms with Gasteiger partial charge in [-0.1, -0.05) is 188 Å². The summed E-state index contributed by atoms with van der Waals surface area (Å²) in [6.45, 7) is 36.2. The average Bonchev–Trinajstić information content (AvgIpc) is 0.732. The minimum absolute atomic E-state index is 0.0462. The molecule has 107 heavy (non-hydrogen) atoms. The zero-order valence-electron chi connectivity index (χ0n) is 63.2. The van der Waals surface area contributed by atoms with E-state index in [1.165, 1.54) is 17.8 Å². The van der Waals surface area contributed by atoms with Crippen LogP contribution >= 0.6 is 77.7 Å². The molecule has 18 nitrogen and oxygen atoms in total. The number of nitrogen functional groups attached to an aromatic ring is 1. The second-order valence-electron chi connectivity index (χ2n) is 29.0. The number of halogens is 5. The largest absolute Gasteiger partial charge is 0.490 e. The van der Waals surface area contributed by atoms with Crippen LogP contribution in [-0.4, -0.2) is 120 Å². The highest BCUT2D eigenvalue weighted by molar-refractivity contribution is 14.1. The smallest absolute Gasteiger partial charge is 0.335 e. The third-order valence-corrected chi connectivity index (χ3v) is 19.2. The number of hydrogen-bond acceptors (Lipinski definition) is 14. The number of anilines is 6.